The third kappa shape index (κ3) is 7.23. The summed E-state index contributed by atoms with van der Waals surface area (Å²) >= 11 is 5.15. The minimum atomic E-state index is -3.60. The molecule has 0 saturated heterocycles. The van der Waals surface area contributed by atoms with Crippen molar-refractivity contribution >= 4 is 38.9 Å². The molecular weight excluding hydrogens is 426 g/mol. The number of anilines is 1. The van der Waals surface area contributed by atoms with Crippen LogP contribution in [0.2, 0.25) is 0 Å². The van der Waals surface area contributed by atoms with Gasteiger partial charge in [-0.2, -0.15) is 0 Å². The molecule has 8 nitrogen and oxygen atoms in total. The van der Waals surface area contributed by atoms with Gasteiger partial charge >= 0.3 is 0 Å². The highest BCUT2D eigenvalue weighted by atomic mass is 32.2. The van der Waals surface area contributed by atoms with E-state index in [9.17, 15) is 13.2 Å². The Balaban J connectivity index is 1.90. The highest BCUT2D eigenvalue weighted by molar-refractivity contribution is 7.89. The molecule has 0 unspecified atom stereocenters. The number of methoxy groups -OCH3 is 1. The second kappa shape index (κ2) is 11.4. The van der Waals surface area contributed by atoms with Crippen molar-refractivity contribution in [1.29, 1.82) is 0 Å². The molecule has 3 N–H and O–H groups in total. The predicted molar refractivity (Wildman–Crippen MR) is 119 cm³/mol. The molecule has 10 heteroatoms. The smallest absolute Gasteiger partial charge is 0.257 e. The van der Waals surface area contributed by atoms with E-state index in [2.05, 4.69) is 21.9 Å². The Labute approximate surface area is 181 Å². The molecule has 0 aliphatic heterocycles. The summed E-state index contributed by atoms with van der Waals surface area (Å²) in [6, 6.07) is 12.6. The van der Waals surface area contributed by atoms with Crippen molar-refractivity contribution < 1.29 is 22.7 Å². The summed E-state index contributed by atoms with van der Waals surface area (Å²) in [6.45, 7) is 4.50. The first-order chi connectivity index (χ1) is 14.4. The monoisotopic (exact) mass is 449 g/mol. The van der Waals surface area contributed by atoms with Crippen LogP contribution in [0.4, 0.5) is 5.69 Å². The van der Waals surface area contributed by atoms with Crippen molar-refractivity contribution in [2.24, 2.45) is 0 Å². The lowest BCUT2D eigenvalue weighted by Gasteiger charge is -2.11. The van der Waals surface area contributed by atoms with Crippen LogP contribution in [0.5, 0.6) is 5.75 Å². The van der Waals surface area contributed by atoms with E-state index in [0.717, 1.165) is 0 Å². The van der Waals surface area contributed by atoms with Crippen LogP contribution < -0.4 is 20.1 Å². The topological polar surface area (TPSA) is 106 Å². The number of carbonyl (C=O) groups excluding carboxylic acids is 1. The Morgan fingerprint density at radius 2 is 1.77 bits per heavy atom. The first-order valence-corrected chi connectivity index (χ1v) is 10.8. The molecular formula is C20H23N3O5S2. The normalized spacial score (nSPS) is 10.8. The molecule has 2 rings (SSSR count). The Morgan fingerprint density at radius 3 is 2.37 bits per heavy atom. The number of nitrogens with one attached hydrogen (secondary N) is 3. The predicted octanol–water partition coefficient (Wildman–Crippen LogP) is 2.30. The quantitative estimate of drug-likeness (QED) is 0.290. The maximum atomic E-state index is 12.3. The molecule has 30 heavy (non-hydrogen) atoms. The van der Waals surface area contributed by atoms with E-state index in [1.165, 1.54) is 18.2 Å². The van der Waals surface area contributed by atoms with Gasteiger partial charge in [-0.25, -0.2) is 13.1 Å². The summed E-state index contributed by atoms with van der Waals surface area (Å²) in [6.07, 6.45) is 1.45. The fourth-order valence-electron chi connectivity index (χ4n) is 2.25. The zero-order chi connectivity index (χ0) is 22.0. The Morgan fingerprint density at radius 1 is 1.10 bits per heavy atom. The third-order valence-electron chi connectivity index (χ3n) is 3.74. The van der Waals surface area contributed by atoms with E-state index in [-0.39, 0.29) is 22.5 Å². The molecule has 0 aliphatic rings. The second-order valence-corrected chi connectivity index (χ2v) is 8.11. The van der Waals surface area contributed by atoms with E-state index in [1.54, 1.807) is 43.5 Å². The summed E-state index contributed by atoms with van der Waals surface area (Å²) in [5.41, 5.74) is 0.942. The lowest BCUT2D eigenvalue weighted by Crippen LogP contribution is -2.34. The Bertz CT molecular complexity index is 975. The summed E-state index contributed by atoms with van der Waals surface area (Å²) in [5, 5.41) is 5.49. The van der Waals surface area contributed by atoms with Gasteiger partial charge in [0.1, 0.15) is 12.4 Å². The average Bonchev–Trinajstić information content (AvgIpc) is 2.73. The molecule has 0 spiro atoms. The van der Waals surface area contributed by atoms with Crippen molar-refractivity contribution in [2.75, 3.05) is 32.2 Å². The van der Waals surface area contributed by atoms with Crippen LogP contribution in [0, 0.1) is 0 Å². The van der Waals surface area contributed by atoms with Crippen LogP contribution in [0.15, 0.2) is 66.1 Å². The fourth-order valence-corrected chi connectivity index (χ4v) is 3.46. The van der Waals surface area contributed by atoms with Gasteiger partial charge in [-0.15, -0.1) is 6.58 Å². The molecule has 0 bridgehead atoms. The Kier molecular flexibility index (Phi) is 8.93. The Hall–Kier alpha value is -2.79. The van der Waals surface area contributed by atoms with Gasteiger partial charge in [0.15, 0.2) is 5.11 Å². The number of sulfonamides is 1. The first kappa shape index (κ1) is 23.5. The van der Waals surface area contributed by atoms with Crippen LogP contribution in [-0.4, -0.2) is 46.3 Å². The number of rotatable bonds is 10. The van der Waals surface area contributed by atoms with Gasteiger partial charge in [-0.1, -0.05) is 6.08 Å². The van der Waals surface area contributed by atoms with E-state index < -0.39 is 10.0 Å². The van der Waals surface area contributed by atoms with Gasteiger partial charge in [-0.05, 0) is 60.7 Å². The zero-order valence-electron chi connectivity index (χ0n) is 16.4. The molecule has 160 valence electrons. The van der Waals surface area contributed by atoms with E-state index in [0.29, 0.717) is 30.2 Å². The minimum absolute atomic E-state index is 0.0841. The average molecular weight is 450 g/mol. The SMILES string of the molecule is C=CCNS(=O)(=O)c1ccc(NC(=S)NC(=O)c2ccc(OCCOC)cc2)cc1. The zero-order valence-corrected chi connectivity index (χ0v) is 18.0. The molecule has 0 radical (unpaired) electrons. The van der Waals surface area contributed by atoms with Crippen molar-refractivity contribution in [2.45, 2.75) is 4.90 Å². The van der Waals surface area contributed by atoms with E-state index in [4.69, 9.17) is 21.7 Å². The summed E-state index contributed by atoms with van der Waals surface area (Å²) in [4.78, 5) is 12.4. The highest BCUT2D eigenvalue weighted by Gasteiger charge is 2.13. The van der Waals surface area contributed by atoms with Gasteiger partial charge < -0.3 is 14.8 Å². The van der Waals surface area contributed by atoms with Crippen molar-refractivity contribution in [3.8, 4) is 5.75 Å². The molecule has 1 amide bonds. The first-order valence-electron chi connectivity index (χ1n) is 8.90. The summed E-state index contributed by atoms with van der Waals surface area (Å²) in [5.74, 6) is 0.241. The molecule has 0 atom stereocenters. The van der Waals surface area contributed by atoms with E-state index >= 15 is 0 Å². The van der Waals surface area contributed by atoms with Crippen molar-refractivity contribution in [3.63, 3.8) is 0 Å². The van der Waals surface area contributed by atoms with Gasteiger partial charge in [0.25, 0.3) is 5.91 Å². The van der Waals surface area contributed by atoms with Crippen LogP contribution in [0.1, 0.15) is 10.4 Å². The molecule has 2 aromatic carbocycles. The number of hydrogen-bond donors (Lipinski definition) is 3. The van der Waals surface area contributed by atoms with Crippen molar-refractivity contribution in [1.82, 2.24) is 10.0 Å². The van der Waals surface area contributed by atoms with Gasteiger partial charge in [0.2, 0.25) is 10.0 Å². The highest BCUT2D eigenvalue weighted by Crippen LogP contribution is 2.15. The van der Waals surface area contributed by atoms with Gasteiger partial charge in [0.05, 0.1) is 11.5 Å². The van der Waals surface area contributed by atoms with Gasteiger partial charge in [0, 0.05) is 24.9 Å². The van der Waals surface area contributed by atoms with E-state index in [1.807, 2.05) is 0 Å². The second-order valence-electron chi connectivity index (χ2n) is 5.94. The number of benzene rings is 2. The largest absolute Gasteiger partial charge is 0.491 e. The fraction of sp³-hybridized carbons (Fsp3) is 0.200. The molecule has 0 aromatic heterocycles. The number of hydrogen-bond acceptors (Lipinski definition) is 6. The van der Waals surface area contributed by atoms with Crippen molar-refractivity contribution in [3.05, 3.63) is 66.7 Å². The summed E-state index contributed by atoms with van der Waals surface area (Å²) < 4.78 is 36.8. The number of ether oxygens (including phenoxy) is 2. The third-order valence-corrected chi connectivity index (χ3v) is 5.38. The van der Waals surface area contributed by atoms with Crippen LogP contribution in [-0.2, 0) is 14.8 Å². The molecule has 0 fully saturated rings. The molecule has 0 aliphatic carbocycles. The lowest BCUT2D eigenvalue weighted by molar-refractivity contribution is 0.0977. The van der Waals surface area contributed by atoms with Crippen LogP contribution in [0.25, 0.3) is 0 Å². The van der Waals surface area contributed by atoms with Crippen LogP contribution >= 0.6 is 12.2 Å². The van der Waals surface area contributed by atoms with Crippen LogP contribution in [0.3, 0.4) is 0 Å². The van der Waals surface area contributed by atoms with Gasteiger partial charge in [-0.3, -0.25) is 10.1 Å². The summed E-state index contributed by atoms with van der Waals surface area (Å²) in [7, 11) is -2.01. The molecule has 2 aromatic rings. The standard InChI is InChI=1S/C20H23N3O5S2/c1-3-12-21-30(25,26)18-10-6-16(7-11-18)22-20(29)23-19(24)15-4-8-17(9-5-15)28-14-13-27-2/h3-11,21H,1,12-14H2,2H3,(H2,22,23,24,29). The maximum Gasteiger partial charge on any atom is 0.257 e. The molecule has 0 heterocycles. The number of amides is 1. The lowest BCUT2D eigenvalue weighted by atomic mass is 10.2. The minimum Gasteiger partial charge on any atom is -0.491 e. The molecule has 0 saturated carbocycles. The maximum absolute atomic E-state index is 12.3. The number of carbonyl (C=O) groups is 1. The number of thiocarbonyl (C=S) groups is 1.